The van der Waals surface area contributed by atoms with Crippen LogP contribution in [0, 0.1) is 13.8 Å². The summed E-state index contributed by atoms with van der Waals surface area (Å²) in [5.41, 5.74) is 4.13. The maximum atomic E-state index is 6.30. The summed E-state index contributed by atoms with van der Waals surface area (Å²) in [7, 11) is 0. The average molecular weight is 292 g/mol. The van der Waals surface area contributed by atoms with Gasteiger partial charge in [-0.25, -0.2) is 0 Å². The van der Waals surface area contributed by atoms with Crippen molar-refractivity contribution in [1.82, 2.24) is 0 Å². The second-order valence-electron chi connectivity index (χ2n) is 4.84. The highest BCUT2D eigenvalue weighted by Gasteiger charge is 2.25. The quantitative estimate of drug-likeness (QED) is 0.710. The molecule has 1 heterocycles. The number of hydrogen-bond donors (Lipinski definition) is 0. The van der Waals surface area contributed by atoms with Gasteiger partial charge in [-0.05, 0) is 43.2 Å². The first-order chi connectivity index (χ1) is 9.06. The maximum absolute atomic E-state index is 6.30. The van der Waals surface area contributed by atoms with Crippen molar-refractivity contribution in [3.63, 3.8) is 0 Å². The van der Waals surface area contributed by atoms with Gasteiger partial charge in [0.25, 0.3) is 0 Å². The lowest BCUT2D eigenvalue weighted by atomic mass is 9.98. The Balaban J connectivity index is 2.27. The third kappa shape index (κ3) is 2.22. The van der Waals surface area contributed by atoms with Gasteiger partial charge in [0.15, 0.2) is 0 Å². The minimum atomic E-state index is -0.0446. The standard InChI is InChI=1S/C16H13Cl2O/c1-9-6-11-8-10(2)19-16(11)12(7-9)15-13(17)4-3-5-14(15)18/h3-7,10H,2,8H2,1H3. The molecule has 1 nitrogen and oxygen atoms in total. The van der Waals surface area contributed by atoms with E-state index in [0.717, 1.165) is 23.3 Å². The predicted octanol–water partition coefficient (Wildman–Crippen LogP) is 5.11. The highest BCUT2D eigenvalue weighted by molar-refractivity contribution is 6.39. The fourth-order valence-corrected chi connectivity index (χ4v) is 3.13. The van der Waals surface area contributed by atoms with Crippen LogP contribution in [0.5, 0.6) is 5.75 Å². The van der Waals surface area contributed by atoms with Gasteiger partial charge in [-0.3, -0.25) is 0 Å². The minimum Gasteiger partial charge on any atom is -0.489 e. The third-order valence-corrected chi connectivity index (χ3v) is 3.90. The molecule has 0 saturated carbocycles. The molecule has 0 N–H and O–H groups in total. The zero-order valence-corrected chi connectivity index (χ0v) is 12.1. The average Bonchev–Trinajstić information content (AvgIpc) is 2.69. The van der Waals surface area contributed by atoms with Gasteiger partial charge in [-0.15, -0.1) is 0 Å². The first kappa shape index (κ1) is 12.8. The van der Waals surface area contributed by atoms with E-state index in [1.54, 1.807) is 0 Å². The molecule has 0 aromatic heterocycles. The Morgan fingerprint density at radius 3 is 2.58 bits per heavy atom. The highest BCUT2D eigenvalue weighted by atomic mass is 35.5. The van der Waals surface area contributed by atoms with E-state index in [-0.39, 0.29) is 6.10 Å². The number of aryl methyl sites for hydroxylation is 1. The summed E-state index contributed by atoms with van der Waals surface area (Å²) in [4.78, 5) is 0. The number of halogens is 2. The molecule has 1 unspecified atom stereocenters. The van der Waals surface area contributed by atoms with E-state index < -0.39 is 0 Å². The van der Waals surface area contributed by atoms with Gasteiger partial charge in [-0.2, -0.15) is 0 Å². The molecule has 3 heteroatoms. The normalized spacial score (nSPS) is 17.2. The number of rotatable bonds is 1. The first-order valence-corrected chi connectivity index (χ1v) is 6.89. The number of fused-ring (bicyclic) bond motifs is 1. The summed E-state index contributed by atoms with van der Waals surface area (Å²) in [5.74, 6) is 0.862. The first-order valence-electron chi connectivity index (χ1n) is 6.14. The molecule has 0 bridgehead atoms. The molecule has 1 atom stereocenters. The monoisotopic (exact) mass is 291 g/mol. The van der Waals surface area contributed by atoms with Gasteiger partial charge in [0, 0.05) is 17.5 Å². The molecule has 19 heavy (non-hydrogen) atoms. The van der Waals surface area contributed by atoms with Gasteiger partial charge < -0.3 is 4.74 Å². The molecule has 3 rings (SSSR count). The molecule has 0 spiro atoms. The topological polar surface area (TPSA) is 9.23 Å². The van der Waals surface area contributed by atoms with Crippen molar-refractivity contribution in [3.05, 3.63) is 58.4 Å². The molecule has 0 aliphatic carbocycles. The van der Waals surface area contributed by atoms with Crippen LogP contribution in [0.4, 0.5) is 0 Å². The van der Waals surface area contributed by atoms with Crippen LogP contribution < -0.4 is 4.74 Å². The summed E-state index contributed by atoms with van der Waals surface area (Å²) in [5, 5.41) is 1.27. The van der Waals surface area contributed by atoms with Crippen LogP contribution in [0.25, 0.3) is 11.1 Å². The number of ether oxygens (including phenoxy) is 1. The molecule has 97 valence electrons. The van der Waals surface area contributed by atoms with Crippen LogP contribution in [0.1, 0.15) is 11.1 Å². The van der Waals surface area contributed by atoms with Crippen molar-refractivity contribution in [2.24, 2.45) is 0 Å². The molecule has 1 aliphatic heterocycles. The Bertz CT molecular complexity index is 629. The van der Waals surface area contributed by atoms with Gasteiger partial charge in [0.05, 0.1) is 10.0 Å². The van der Waals surface area contributed by atoms with Crippen LogP contribution in [-0.2, 0) is 6.42 Å². The van der Waals surface area contributed by atoms with E-state index in [4.69, 9.17) is 27.9 Å². The zero-order valence-electron chi connectivity index (χ0n) is 10.5. The Morgan fingerprint density at radius 2 is 1.89 bits per heavy atom. The summed E-state index contributed by atoms with van der Waals surface area (Å²) in [6.07, 6.45) is 0.781. The SMILES string of the molecule is [CH2]C1Cc2cc(C)cc(-c3c(Cl)cccc3Cl)c2O1. The summed E-state index contributed by atoms with van der Waals surface area (Å²) < 4.78 is 5.83. The molecule has 1 radical (unpaired) electrons. The molecule has 1 aliphatic rings. The van der Waals surface area contributed by atoms with Crippen molar-refractivity contribution >= 4 is 23.2 Å². The zero-order chi connectivity index (χ0) is 13.6. The highest BCUT2D eigenvalue weighted by Crippen LogP contribution is 2.44. The van der Waals surface area contributed by atoms with E-state index in [0.29, 0.717) is 10.0 Å². The lowest BCUT2D eigenvalue weighted by Crippen LogP contribution is -2.06. The van der Waals surface area contributed by atoms with E-state index in [1.807, 2.05) is 18.2 Å². The molecule has 0 fully saturated rings. The predicted molar refractivity (Wildman–Crippen MR) is 80.1 cm³/mol. The lowest BCUT2D eigenvalue weighted by Gasteiger charge is -2.13. The number of benzene rings is 2. The molecule has 0 amide bonds. The second-order valence-corrected chi connectivity index (χ2v) is 5.66. The number of hydrogen-bond acceptors (Lipinski definition) is 1. The largest absolute Gasteiger partial charge is 0.489 e. The van der Waals surface area contributed by atoms with Crippen molar-refractivity contribution in [2.45, 2.75) is 19.4 Å². The van der Waals surface area contributed by atoms with Crippen LogP contribution in [-0.4, -0.2) is 6.10 Å². The smallest absolute Gasteiger partial charge is 0.131 e. The van der Waals surface area contributed by atoms with Crippen LogP contribution in [0.2, 0.25) is 10.0 Å². The van der Waals surface area contributed by atoms with Crippen LogP contribution in [0.15, 0.2) is 30.3 Å². The Hall–Kier alpha value is -1.18. The van der Waals surface area contributed by atoms with Crippen molar-refractivity contribution < 1.29 is 4.74 Å². The minimum absolute atomic E-state index is 0.0446. The van der Waals surface area contributed by atoms with Crippen molar-refractivity contribution in [1.29, 1.82) is 0 Å². The maximum Gasteiger partial charge on any atom is 0.131 e. The Labute approximate surface area is 123 Å². The van der Waals surface area contributed by atoms with Gasteiger partial charge in [-0.1, -0.05) is 35.3 Å². The molecule has 2 aromatic rings. The molecular formula is C16H13Cl2O. The molecule has 0 saturated heterocycles. The van der Waals surface area contributed by atoms with E-state index in [1.165, 1.54) is 11.1 Å². The lowest BCUT2D eigenvalue weighted by molar-refractivity contribution is 0.282. The fourth-order valence-electron chi connectivity index (χ4n) is 2.53. The Morgan fingerprint density at radius 1 is 1.21 bits per heavy atom. The Kier molecular flexibility index (Phi) is 3.20. The second kappa shape index (κ2) is 4.73. The van der Waals surface area contributed by atoms with E-state index in [2.05, 4.69) is 26.0 Å². The van der Waals surface area contributed by atoms with E-state index in [9.17, 15) is 0 Å². The molecule has 2 aromatic carbocycles. The van der Waals surface area contributed by atoms with Crippen LogP contribution in [0.3, 0.4) is 0 Å². The van der Waals surface area contributed by atoms with Crippen molar-refractivity contribution in [2.75, 3.05) is 0 Å². The van der Waals surface area contributed by atoms with Gasteiger partial charge >= 0.3 is 0 Å². The van der Waals surface area contributed by atoms with Crippen molar-refractivity contribution in [3.8, 4) is 16.9 Å². The third-order valence-electron chi connectivity index (χ3n) is 3.27. The summed E-state index contributed by atoms with van der Waals surface area (Å²) in [6, 6.07) is 9.72. The van der Waals surface area contributed by atoms with Crippen LogP contribution >= 0.6 is 23.2 Å². The summed E-state index contributed by atoms with van der Waals surface area (Å²) >= 11 is 12.6. The summed E-state index contributed by atoms with van der Waals surface area (Å²) in [6.45, 7) is 6.03. The van der Waals surface area contributed by atoms with Gasteiger partial charge in [0.1, 0.15) is 11.9 Å². The fraction of sp³-hybridized carbons (Fsp3) is 0.188. The molecular weight excluding hydrogens is 279 g/mol. The van der Waals surface area contributed by atoms with Gasteiger partial charge in [0.2, 0.25) is 0 Å². The van der Waals surface area contributed by atoms with E-state index >= 15 is 0 Å².